The first kappa shape index (κ1) is 8.95. The van der Waals surface area contributed by atoms with Gasteiger partial charge in [-0.1, -0.05) is 5.21 Å². The molecule has 0 aliphatic rings. The van der Waals surface area contributed by atoms with E-state index in [1.54, 1.807) is 7.05 Å². The van der Waals surface area contributed by atoms with Gasteiger partial charge in [0.2, 0.25) is 5.03 Å². The van der Waals surface area contributed by atoms with Crippen LogP contribution in [0.2, 0.25) is 0 Å². The lowest BCUT2D eigenvalue weighted by Crippen LogP contribution is -1.93. The van der Waals surface area contributed by atoms with Gasteiger partial charge in [0.05, 0.1) is 0 Å². The molecule has 0 fully saturated rings. The Balaban J connectivity index is 3.38. The monoisotopic (exact) mass is 259 g/mol. The van der Waals surface area contributed by atoms with E-state index in [1.165, 1.54) is 4.68 Å². The Kier molecular flexibility index (Phi) is 2.22. The van der Waals surface area contributed by atoms with Crippen LogP contribution in [0, 0.1) is 0 Å². The molecule has 0 atom stereocenters. The fraction of sp³-hybridized carbons (Fsp3) is 0.333. The van der Waals surface area contributed by atoms with Crippen LogP contribution in [0.4, 0.5) is 0 Å². The Hall–Kier alpha value is -0.140. The molecule has 0 bridgehead atoms. The van der Waals surface area contributed by atoms with Gasteiger partial charge in [0.1, 0.15) is 4.60 Å². The molecule has 1 aromatic heterocycles. The van der Waals surface area contributed by atoms with Crippen molar-refractivity contribution in [2.75, 3.05) is 0 Å². The van der Waals surface area contributed by atoms with Gasteiger partial charge < -0.3 is 0 Å². The number of hydrogen-bond donors (Lipinski definition) is 0. The Bertz CT molecular complexity index is 372. The first-order valence-electron chi connectivity index (χ1n) is 2.43. The molecule has 0 unspecified atom stereocenters. The Labute approximate surface area is 75.9 Å². The second-order valence-electron chi connectivity index (χ2n) is 1.75. The number of hydrogen-bond acceptors (Lipinski definition) is 4. The molecule has 1 rings (SSSR count). The lowest BCUT2D eigenvalue weighted by molar-refractivity contribution is 0.605. The van der Waals surface area contributed by atoms with E-state index < -0.39 is 9.05 Å². The van der Waals surface area contributed by atoms with Gasteiger partial charge in [0, 0.05) is 17.7 Å². The van der Waals surface area contributed by atoms with Crippen LogP contribution in [-0.2, 0) is 16.1 Å². The van der Waals surface area contributed by atoms with Crippen molar-refractivity contribution in [1.82, 2.24) is 15.0 Å². The summed E-state index contributed by atoms with van der Waals surface area (Å²) in [6.45, 7) is 0. The highest BCUT2D eigenvalue weighted by atomic mass is 79.9. The van der Waals surface area contributed by atoms with Crippen LogP contribution in [0.1, 0.15) is 0 Å². The van der Waals surface area contributed by atoms with Crippen molar-refractivity contribution in [2.45, 2.75) is 5.03 Å². The topological polar surface area (TPSA) is 64.8 Å². The van der Waals surface area contributed by atoms with Gasteiger partial charge in [-0.05, 0) is 15.9 Å². The van der Waals surface area contributed by atoms with Crippen LogP contribution in [0.25, 0.3) is 0 Å². The molecule has 62 valence electrons. The zero-order valence-electron chi connectivity index (χ0n) is 5.32. The molecule has 1 heterocycles. The Morgan fingerprint density at radius 1 is 1.64 bits per heavy atom. The molecule has 0 N–H and O–H groups in total. The minimum Gasteiger partial charge on any atom is -0.240 e. The highest BCUT2D eigenvalue weighted by molar-refractivity contribution is 9.10. The van der Waals surface area contributed by atoms with Gasteiger partial charge in [-0.2, -0.15) is 0 Å². The molecule has 0 aliphatic heterocycles. The molecule has 0 saturated carbocycles. The molecule has 0 spiro atoms. The van der Waals surface area contributed by atoms with Crippen LogP contribution in [-0.4, -0.2) is 23.4 Å². The van der Waals surface area contributed by atoms with Crippen molar-refractivity contribution < 1.29 is 8.42 Å². The average Bonchev–Trinajstić information content (AvgIpc) is 2.11. The third-order valence-corrected chi connectivity index (χ3v) is 3.29. The van der Waals surface area contributed by atoms with Crippen LogP contribution in [0.5, 0.6) is 0 Å². The van der Waals surface area contributed by atoms with Gasteiger partial charge >= 0.3 is 0 Å². The maximum atomic E-state index is 10.7. The number of nitrogens with zero attached hydrogens (tertiary/aromatic N) is 3. The highest BCUT2D eigenvalue weighted by Gasteiger charge is 2.20. The van der Waals surface area contributed by atoms with E-state index in [2.05, 4.69) is 26.2 Å². The standard InChI is InChI=1S/C3H3BrClN3O2S/c1-8-2(4)3(6-7-8)11(5,9)10/h1H3. The summed E-state index contributed by atoms with van der Waals surface area (Å²) < 4.78 is 22.9. The minimum atomic E-state index is -3.78. The van der Waals surface area contributed by atoms with Crippen molar-refractivity contribution in [3.8, 4) is 0 Å². The minimum absolute atomic E-state index is 0.243. The predicted octanol–water partition coefficient (Wildman–Crippen LogP) is 0.505. The van der Waals surface area contributed by atoms with E-state index in [0.717, 1.165) is 0 Å². The van der Waals surface area contributed by atoms with E-state index >= 15 is 0 Å². The zero-order valence-corrected chi connectivity index (χ0v) is 8.48. The van der Waals surface area contributed by atoms with E-state index in [0.29, 0.717) is 0 Å². The normalized spacial score (nSPS) is 11.9. The summed E-state index contributed by atoms with van der Waals surface area (Å²) in [6, 6.07) is 0. The average molecular weight is 260 g/mol. The molecule has 0 aliphatic carbocycles. The van der Waals surface area contributed by atoms with Crippen molar-refractivity contribution in [3.05, 3.63) is 4.60 Å². The van der Waals surface area contributed by atoms with Crippen molar-refractivity contribution >= 4 is 35.7 Å². The number of aryl methyl sites for hydroxylation is 1. The SMILES string of the molecule is Cn1nnc(S(=O)(=O)Cl)c1Br. The molecule has 0 aromatic carbocycles. The third-order valence-electron chi connectivity index (χ3n) is 0.961. The molecule has 8 heteroatoms. The lowest BCUT2D eigenvalue weighted by atomic mass is 10.9. The first-order valence-corrected chi connectivity index (χ1v) is 5.53. The van der Waals surface area contributed by atoms with Gasteiger partial charge in [-0.3, -0.25) is 0 Å². The van der Waals surface area contributed by atoms with Crippen molar-refractivity contribution in [3.63, 3.8) is 0 Å². The number of aromatic nitrogens is 3. The summed E-state index contributed by atoms with van der Waals surface area (Å²) in [7, 11) is 2.77. The quantitative estimate of drug-likeness (QED) is 0.690. The molecule has 11 heavy (non-hydrogen) atoms. The maximum Gasteiger partial charge on any atom is 0.283 e. The largest absolute Gasteiger partial charge is 0.283 e. The second-order valence-corrected chi connectivity index (χ2v) is 4.98. The molecule has 5 nitrogen and oxygen atoms in total. The molecule has 0 radical (unpaired) electrons. The van der Waals surface area contributed by atoms with Crippen LogP contribution < -0.4 is 0 Å². The molecule has 0 amide bonds. The fourth-order valence-corrected chi connectivity index (χ4v) is 2.32. The summed E-state index contributed by atoms with van der Waals surface area (Å²) in [4.78, 5) is 0. The van der Waals surface area contributed by atoms with Gasteiger partial charge in [-0.15, -0.1) is 5.10 Å². The molecule has 1 aromatic rings. The maximum absolute atomic E-state index is 10.7. The van der Waals surface area contributed by atoms with Crippen molar-refractivity contribution in [1.29, 1.82) is 0 Å². The second kappa shape index (κ2) is 2.72. The van der Waals surface area contributed by atoms with Crippen molar-refractivity contribution in [2.24, 2.45) is 7.05 Å². The van der Waals surface area contributed by atoms with Crippen LogP contribution in [0.15, 0.2) is 9.63 Å². The summed E-state index contributed by atoms with van der Waals surface area (Å²) in [5.41, 5.74) is 0. The predicted molar refractivity (Wildman–Crippen MR) is 41.7 cm³/mol. The first-order chi connectivity index (χ1) is 4.93. The summed E-state index contributed by atoms with van der Waals surface area (Å²) in [6.07, 6.45) is 0. The summed E-state index contributed by atoms with van der Waals surface area (Å²) in [5, 5.41) is 6.51. The number of rotatable bonds is 1. The van der Waals surface area contributed by atoms with E-state index in [1.807, 2.05) is 0 Å². The molecule has 0 saturated heterocycles. The number of halogens is 2. The van der Waals surface area contributed by atoms with Gasteiger partial charge in [0.15, 0.2) is 0 Å². The summed E-state index contributed by atoms with van der Waals surface area (Å²) in [5.74, 6) is 0. The van der Waals surface area contributed by atoms with Crippen LogP contribution >= 0.6 is 26.6 Å². The summed E-state index contributed by atoms with van der Waals surface area (Å²) >= 11 is 2.96. The molecular weight excluding hydrogens is 257 g/mol. The molecular formula is C3H3BrClN3O2S. The van der Waals surface area contributed by atoms with Gasteiger partial charge in [0.25, 0.3) is 9.05 Å². The van der Waals surface area contributed by atoms with E-state index in [9.17, 15) is 8.42 Å². The lowest BCUT2D eigenvalue weighted by Gasteiger charge is -1.89. The fourth-order valence-electron chi connectivity index (χ4n) is 0.476. The van der Waals surface area contributed by atoms with E-state index in [4.69, 9.17) is 10.7 Å². The smallest absolute Gasteiger partial charge is 0.240 e. The van der Waals surface area contributed by atoms with E-state index in [-0.39, 0.29) is 9.63 Å². The van der Waals surface area contributed by atoms with Gasteiger partial charge in [-0.25, -0.2) is 13.1 Å². The van der Waals surface area contributed by atoms with Crippen LogP contribution in [0.3, 0.4) is 0 Å². The zero-order chi connectivity index (χ0) is 8.65. The Morgan fingerprint density at radius 2 is 2.18 bits per heavy atom. The third kappa shape index (κ3) is 1.71. The highest BCUT2D eigenvalue weighted by Crippen LogP contribution is 2.20. The Morgan fingerprint density at radius 3 is 2.36 bits per heavy atom.